The van der Waals surface area contributed by atoms with Crippen LogP contribution in [0, 0.1) is 0 Å². The molecule has 1 aromatic carbocycles. The number of hydrogen-bond donors (Lipinski definition) is 2. The number of halogens is 1. The molecule has 0 atom stereocenters. The Morgan fingerprint density at radius 2 is 2.06 bits per heavy atom. The van der Waals surface area contributed by atoms with Crippen LogP contribution < -0.4 is 11.2 Å². The number of nitrogens with one attached hydrogen (secondary N) is 1. The Hall–Kier alpha value is -0.910. The molecule has 1 saturated carbocycles. The summed E-state index contributed by atoms with van der Waals surface area (Å²) in [4.78, 5) is 16.9. The van der Waals surface area contributed by atoms with Crippen LogP contribution in [0.2, 0.25) is 0 Å². The van der Waals surface area contributed by atoms with E-state index in [0.717, 1.165) is 30.2 Å². The lowest BCUT2D eigenvalue weighted by atomic mass is 9.93. The van der Waals surface area contributed by atoms with Gasteiger partial charge in [-0.1, -0.05) is 22.0 Å². The Bertz CT molecular complexity index is 417. The van der Waals surface area contributed by atoms with Crippen LogP contribution in [0.4, 0.5) is 0 Å². The number of carbonyl (C=O) groups excluding carboxylic acids is 1. The van der Waals surface area contributed by atoms with Crippen LogP contribution in [0.3, 0.4) is 0 Å². The van der Waals surface area contributed by atoms with Gasteiger partial charge in [0, 0.05) is 16.1 Å². The first-order valence-electron chi connectivity index (χ1n) is 6.11. The summed E-state index contributed by atoms with van der Waals surface area (Å²) in [7, 11) is 0. The molecule has 18 heavy (non-hydrogen) atoms. The Balaban J connectivity index is 1.89. The van der Waals surface area contributed by atoms with E-state index in [2.05, 4.69) is 21.2 Å². The molecule has 0 spiro atoms. The summed E-state index contributed by atoms with van der Waals surface area (Å²) in [6, 6.07) is 7.63. The first-order valence-corrected chi connectivity index (χ1v) is 6.90. The molecule has 1 aliphatic carbocycles. The molecule has 1 aliphatic rings. The number of benzene rings is 1. The van der Waals surface area contributed by atoms with Gasteiger partial charge in [0.05, 0.1) is 6.10 Å². The minimum absolute atomic E-state index is 0.0200. The highest BCUT2D eigenvalue weighted by molar-refractivity contribution is 9.10. The second kappa shape index (κ2) is 6.31. The first kappa shape index (κ1) is 13.5. The fourth-order valence-electron chi connectivity index (χ4n) is 2.24. The second-order valence-corrected chi connectivity index (χ2v) is 5.51. The van der Waals surface area contributed by atoms with Gasteiger partial charge in [0.15, 0.2) is 0 Å². The van der Waals surface area contributed by atoms with Crippen molar-refractivity contribution in [2.24, 2.45) is 5.90 Å². The zero-order valence-corrected chi connectivity index (χ0v) is 11.7. The van der Waals surface area contributed by atoms with E-state index in [1.807, 2.05) is 24.3 Å². The monoisotopic (exact) mass is 312 g/mol. The van der Waals surface area contributed by atoms with Crippen molar-refractivity contribution >= 4 is 21.8 Å². The van der Waals surface area contributed by atoms with Gasteiger partial charge in [0.1, 0.15) is 0 Å². The van der Waals surface area contributed by atoms with Crippen LogP contribution in [-0.4, -0.2) is 18.1 Å². The average Bonchev–Trinajstić information content (AvgIpc) is 2.39. The van der Waals surface area contributed by atoms with Crippen molar-refractivity contribution in [1.82, 2.24) is 5.32 Å². The molecule has 0 unspecified atom stereocenters. The summed E-state index contributed by atoms with van der Waals surface area (Å²) in [6.07, 6.45) is 3.78. The van der Waals surface area contributed by atoms with Crippen LogP contribution in [0.25, 0.3) is 0 Å². The van der Waals surface area contributed by atoms with Crippen molar-refractivity contribution in [3.8, 4) is 0 Å². The zero-order chi connectivity index (χ0) is 13.0. The van der Waals surface area contributed by atoms with Gasteiger partial charge in [-0.15, -0.1) is 0 Å². The maximum Gasteiger partial charge on any atom is 0.251 e. The normalized spacial score (nSPS) is 23.7. The zero-order valence-electron chi connectivity index (χ0n) is 10.1. The van der Waals surface area contributed by atoms with Gasteiger partial charge in [0.2, 0.25) is 0 Å². The van der Waals surface area contributed by atoms with E-state index in [1.165, 1.54) is 0 Å². The molecule has 3 N–H and O–H groups in total. The molecular weight excluding hydrogens is 296 g/mol. The van der Waals surface area contributed by atoms with Crippen molar-refractivity contribution in [3.05, 3.63) is 34.3 Å². The third kappa shape index (κ3) is 3.54. The van der Waals surface area contributed by atoms with E-state index >= 15 is 0 Å². The predicted molar refractivity (Wildman–Crippen MR) is 72.9 cm³/mol. The third-order valence-electron chi connectivity index (χ3n) is 3.29. The summed E-state index contributed by atoms with van der Waals surface area (Å²) in [5, 5.41) is 3.05. The van der Waals surface area contributed by atoms with E-state index in [1.54, 1.807) is 0 Å². The molecule has 0 saturated heterocycles. The number of nitrogens with two attached hydrogens (primary N) is 1. The maximum atomic E-state index is 12.0. The molecule has 98 valence electrons. The van der Waals surface area contributed by atoms with E-state index < -0.39 is 0 Å². The van der Waals surface area contributed by atoms with Crippen LogP contribution in [0.5, 0.6) is 0 Å². The molecule has 0 aromatic heterocycles. The number of amides is 1. The van der Waals surface area contributed by atoms with Crippen LogP contribution in [0.1, 0.15) is 36.0 Å². The molecule has 2 rings (SSSR count). The van der Waals surface area contributed by atoms with Gasteiger partial charge in [-0.05, 0) is 43.9 Å². The molecule has 0 aliphatic heterocycles. The number of carbonyl (C=O) groups is 1. The lowest BCUT2D eigenvalue weighted by Gasteiger charge is -2.27. The van der Waals surface area contributed by atoms with E-state index in [-0.39, 0.29) is 18.1 Å². The van der Waals surface area contributed by atoms with Gasteiger partial charge >= 0.3 is 0 Å². The Morgan fingerprint density at radius 1 is 1.33 bits per heavy atom. The predicted octanol–water partition coefficient (Wildman–Crippen LogP) is 2.38. The van der Waals surface area contributed by atoms with Crippen LogP contribution in [-0.2, 0) is 4.84 Å². The minimum atomic E-state index is -0.0200. The molecule has 0 heterocycles. The summed E-state index contributed by atoms with van der Waals surface area (Å²) >= 11 is 3.36. The van der Waals surface area contributed by atoms with Crippen molar-refractivity contribution < 1.29 is 9.63 Å². The molecule has 0 radical (unpaired) electrons. The lowest BCUT2D eigenvalue weighted by Crippen LogP contribution is -2.39. The average molecular weight is 313 g/mol. The van der Waals surface area contributed by atoms with Gasteiger partial charge in [-0.3, -0.25) is 4.79 Å². The lowest BCUT2D eigenvalue weighted by molar-refractivity contribution is 0.0217. The van der Waals surface area contributed by atoms with E-state index in [4.69, 9.17) is 10.7 Å². The number of hydrogen-bond acceptors (Lipinski definition) is 3. The van der Waals surface area contributed by atoms with Gasteiger partial charge < -0.3 is 10.2 Å². The van der Waals surface area contributed by atoms with Crippen molar-refractivity contribution in [2.45, 2.75) is 37.8 Å². The van der Waals surface area contributed by atoms with E-state index in [0.29, 0.717) is 5.56 Å². The molecular formula is C13H17BrN2O2. The third-order valence-corrected chi connectivity index (χ3v) is 3.78. The molecule has 1 amide bonds. The highest BCUT2D eigenvalue weighted by atomic mass is 79.9. The van der Waals surface area contributed by atoms with Gasteiger partial charge in [-0.25, -0.2) is 5.90 Å². The highest BCUT2D eigenvalue weighted by Crippen LogP contribution is 2.20. The largest absolute Gasteiger partial charge is 0.349 e. The molecule has 0 bridgehead atoms. The SMILES string of the molecule is NOC1CCC(NC(=O)c2cccc(Br)c2)CC1. The Morgan fingerprint density at radius 3 is 2.67 bits per heavy atom. The molecule has 5 heteroatoms. The number of rotatable bonds is 3. The molecule has 1 fully saturated rings. The van der Waals surface area contributed by atoms with Crippen molar-refractivity contribution in [3.63, 3.8) is 0 Å². The molecule has 4 nitrogen and oxygen atoms in total. The van der Waals surface area contributed by atoms with Gasteiger partial charge in [0.25, 0.3) is 5.91 Å². The molecule has 1 aromatic rings. The summed E-state index contributed by atoms with van der Waals surface area (Å²) in [6.45, 7) is 0. The summed E-state index contributed by atoms with van der Waals surface area (Å²) < 4.78 is 0.912. The summed E-state index contributed by atoms with van der Waals surface area (Å²) in [5.74, 6) is 5.15. The fraction of sp³-hybridized carbons (Fsp3) is 0.462. The second-order valence-electron chi connectivity index (χ2n) is 4.59. The van der Waals surface area contributed by atoms with Gasteiger partial charge in [-0.2, -0.15) is 0 Å². The highest BCUT2D eigenvalue weighted by Gasteiger charge is 2.22. The topological polar surface area (TPSA) is 64.3 Å². The smallest absolute Gasteiger partial charge is 0.251 e. The standard InChI is InChI=1S/C13H17BrN2O2/c14-10-3-1-2-9(8-10)13(17)16-11-4-6-12(18-15)7-5-11/h1-3,8,11-12H,4-7,15H2,(H,16,17). The van der Waals surface area contributed by atoms with Crippen LogP contribution >= 0.6 is 15.9 Å². The Labute approximate surface area is 115 Å². The van der Waals surface area contributed by atoms with E-state index in [9.17, 15) is 4.79 Å². The van der Waals surface area contributed by atoms with Crippen molar-refractivity contribution in [2.75, 3.05) is 0 Å². The first-order chi connectivity index (χ1) is 8.69. The quantitative estimate of drug-likeness (QED) is 0.842. The Kier molecular flexibility index (Phi) is 4.74. The van der Waals surface area contributed by atoms with Crippen molar-refractivity contribution in [1.29, 1.82) is 0 Å². The fourth-order valence-corrected chi connectivity index (χ4v) is 2.64. The minimum Gasteiger partial charge on any atom is -0.349 e. The maximum absolute atomic E-state index is 12.0. The summed E-state index contributed by atoms with van der Waals surface area (Å²) in [5.41, 5.74) is 0.682. The van der Waals surface area contributed by atoms with Crippen LogP contribution in [0.15, 0.2) is 28.7 Å².